The van der Waals surface area contributed by atoms with Crippen LogP contribution in [0.25, 0.3) is 11.1 Å². The van der Waals surface area contributed by atoms with Gasteiger partial charge in [0.1, 0.15) is 0 Å². The van der Waals surface area contributed by atoms with Gasteiger partial charge in [0.2, 0.25) is 5.91 Å². The van der Waals surface area contributed by atoms with Crippen LogP contribution in [0.2, 0.25) is 0 Å². The SMILES string of the molecule is Cl.O=C(NCC1CCCN(C(=O)c2occc2-c2ccccc2)C1)C1CCCN1. The van der Waals surface area contributed by atoms with Gasteiger partial charge in [0, 0.05) is 25.2 Å². The number of furan rings is 1. The lowest BCUT2D eigenvalue weighted by molar-refractivity contribution is -0.123. The highest BCUT2D eigenvalue weighted by Gasteiger charge is 2.29. The molecule has 1 aromatic heterocycles. The first-order valence-electron chi connectivity index (χ1n) is 10.2. The molecule has 29 heavy (non-hydrogen) atoms. The topological polar surface area (TPSA) is 74.6 Å². The van der Waals surface area contributed by atoms with E-state index in [1.807, 2.05) is 41.3 Å². The summed E-state index contributed by atoms with van der Waals surface area (Å²) < 4.78 is 5.57. The number of hydrogen-bond acceptors (Lipinski definition) is 4. The van der Waals surface area contributed by atoms with Crippen LogP contribution in [0.5, 0.6) is 0 Å². The minimum absolute atomic E-state index is 0. The van der Waals surface area contributed by atoms with E-state index in [9.17, 15) is 9.59 Å². The smallest absolute Gasteiger partial charge is 0.290 e. The van der Waals surface area contributed by atoms with Crippen LogP contribution in [-0.2, 0) is 4.79 Å². The Balaban J connectivity index is 0.00000240. The summed E-state index contributed by atoms with van der Waals surface area (Å²) >= 11 is 0. The summed E-state index contributed by atoms with van der Waals surface area (Å²) in [5, 5.41) is 6.29. The molecular weight excluding hydrogens is 390 g/mol. The standard InChI is InChI=1S/C22H27N3O3.ClH/c26-21(19-9-4-11-23-19)24-14-16-6-5-12-25(15-16)22(27)20-18(10-13-28-20)17-7-2-1-3-8-17;/h1-3,7-8,10,13,16,19,23H,4-6,9,11-12,14-15H2,(H,24,26);1H. The Morgan fingerprint density at radius 3 is 2.72 bits per heavy atom. The Morgan fingerprint density at radius 2 is 1.97 bits per heavy atom. The zero-order valence-corrected chi connectivity index (χ0v) is 17.2. The maximum Gasteiger partial charge on any atom is 0.290 e. The van der Waals surface area contributed by atoms with Crippen molar-refractivity contribution in [3.63, 3.8) is 0 Å². The first-order valence-corrected chi connectivity index (χ1v) is 10.2. The highest BCUT2D eigenvalue weighted by molar-refractivity contribution is 5.98. The number of halogens is 1. The van der Waals surface area contributed by atoms with Crippen molar-refractivity contribution in [3.05, 3.63) is 48.4 Å². The summed E-state index contributed by atoms with van der Waals surface area (Å²) in [5.41, 5.74) is 1.80. The van der Waals surface area contributed by atoms with Gasteiger partial charge in [-0.1, -0.05) is 30.3 Å². The molecule has 2 saturated heterocycles. The molecule has 2 aliphatic heterocycles. The van der Waals surface area contributed by atoms with E-state index in [1.165, 1.54) is 0 Å². The molecular formula is C22H28ClN3O3. The first kappa shape index (κ1) is 21.4. The summed E-state index contributed by atoms with van der Waals surface area (Å²) in [6, 6.07) is 11.6. The van der Waals surface area contributed by atoms with E-state index in [2.05, 4.69) is 10.6 Å². The van der Waals surface area contributed by atoms with E-state index in [1.54, 1.807) is 6.26 Å². The predicted octanol–water partition coefficient (Wildman–Crippen LogP) is 3.09. The molecule has 2 fully saturated rings. The van der Waals surface area contributed by atoms with Crippen molar-refractivity contribution in [2.75, 3.05) is 26.2 Å². The number of carbonyl (C=O) groups is 2. The minimum atomic E-state index is -0.0719. The summed E-state index contributed by atoms with van der Waals surface area (Å²) in [6.45, 7) is 2.90. The third-order valence-electron chi connectivity index (χ3n) is 5.69. The van der Waals surface area contributed by atoms with Gasteiger partial charge in [-0.3, -0.25) is 9.59 Å². The van der Waals surface area contributed by atoms with Gasteiger partial charge < -0.3 is 20.0 Å². The highest BCUT2D eigenvalue weighted by Crippen LogP contribution is 2.27. The van der Waals surface area contributed by atoms with Crippen LogP contribution in [0.15, 0.2) is 47.1 Å². The van der Waals surface area contributed by atoms with Crippen molar-refractivity contribution in [3.8, 4) is 11.1 Å². The molecule has 0 spiro atoms. The fraction of sp³-hybridized carbons (Fsp3) is 0.455. The molecule has 2 aromatic rings. The van der Waals surface area contributed by atoms with Crippen molar-refractivity contribution >= 4 is 24.2 Å². The average Bonchev–Trinajstić information content (AvgIpc) is 3.44. The number of nitrogens with zero attached hydrogens (tertiary/aromatic N) is 1. The lowest BCUT2D eigenvalue weighted by Crippen LogP contribution is -2.46. The molecule has 0 aliphatic carbocycles. The Kier molecular flexibility index (Phi) is 7.34. The molecule has 2 amide bonds. The molecule has 2 atom stereocenters. The van der Waals surface area contributed by atoms with Gasteiger partial charge in [-0.2, -0.15) is 0 Å². The molecule has 1 aromatic carbocycles. The van der Waals surface area contributed by atoms with Gasteiger partial charge in [-0.05, 0) is 49.8 Å². The quantitative estimate of drug-likeness (QED) is 0.783. The maximum atomic E-state index is 13.1. The molecule has 0 radical (unpaired) electrons. The normalized spacial score (nSPS) is 21.4. The molecule has 0 saturated carbocycles. The first-order chi connectivity index (χ1) is 13.7. The molecule has 2 aliphatic rings. The summed E-state index contributed by atoms with van der Waals surface area (Å²) in [4.78, 5) is 27.2. The number of nitrogens with one attached hydrogen (secondary N) is 2. The predicted molar refractivity (Wildman–Crippen MR) is 114 cm³/mol. The van der Waals surface area contributed by atoms with Crippen LogP contribution in [0.3, 0.4) is 0 Å². The number of likely N-dealkylation sites (tertiary alicyclic amines) is 1. The van der Waals surface area contributed by atoms with Crippen LogP contribution in [-0.4, -0.2) is 48.9 Å². The van der Waals surface area contributed by atoms with E-state index in [0.29, 0.717) is 18.8 Å². The lowest BCUT2D eigenvalue weighted by atomic mass is 9.97. The summed E-state index contributed by atoms with van der Waals surface area (Å²) in [7, 11) is 0. The van der Waals surface area contributed by atoms with Crippen molar-refractivity contribution in [1.29, 1.82) is 0 Å². The molecule has 6 nitrogen and oxygen atoms in total. The number of rotatable bonds is 5. The fourth-order valence-electron chi connectivity index (χ4n) is 4.16. The highest BCUT2D eigenvalue weighted by atomic mass is 35.5. The Bertz CT molecular complexity index is 818. The van der Waals surface area contributed by atoms with Gasteiger partial charge in [0.25, 0.3) is 5.91 Å². The Morgan fingerprint density at radius 1 is 1.14 bits per heavy atom. The lowest BCUT2D eigenvalue weighted by Gasteiger charge is -2.32. The Labute approximate surface area is 177 Å². The van der Waals surface area contributed by atoms with Gasteiger partial charge >= 0.3 is 0 Å². The molecule has 7 heteroatoms. The zero-order valence-electron chi connectivity index (χ0n) is 16.4. The van der Waals surface area contributed by atoms with Gasteiger partial charge in [0.15, 0.2) is 5.76 Å². The minimum Gasteiger partial charge on any atom is -0.459 e. The number of hydrogen-bond donors (Lipinski definition) is 2. The van der Waals surface area contributed by atoms with Gasteiger partial charge in [-0.25, -0.2) is 0 Å². The van der Waals surface area contributed by atoms with Gasteiger partial charge in [0.05, 0.1) is 12.3 Å². The average molecular weight is 418 g/mol. The maximum absolute atomic E-state index is 13.1. The van der Waals surface area contributed by atoms with E-state index in [0.717, 1.165) is 49.9 Å². The number of carbonyl (C=O) groups excluding carboxylic acids is 2. The third-order valence-corrected chi connectivity index (χ3v) is 5.69. The largest absolute Gasteiger partial charge is 0.459 e. The molecule has 4 rings (SSSR count). The second kappa shape index (κ2) is 9.94. The van der Waals surface area contributed by atoms with Crippen LogP contribution in [0.1, 0.15) is 36.2 Å². The van der Waals surface area contributed by atoms with Crippen molar-refractivity contribution < 1.29 is 14.0 Å². The number of benzene rings is 1. The molecule has 156 valence electrons. The number of piperidine rings is 1. The van der Waals surface area contributed by atoms with Crippen molar-refractivity contribution in [2.45, 2.75) is 31.7 Å². The van der Waals surface area contributed by atoms with E-state index in [-0.39, 0.29) is 36.2 Å². The van der Waals surface area contributed by atoms with Crippen LogP contribution < -0.4 is 10.6 Å². The monoisotopic (exact) mass is 417 g/mol. The zero-order chi connectivity index (χ0) is 19.3. The van der Waals surface area contributed by atoms with E-state index >= 15 is 0 Å². The van der Waals surface area contributed by atoms with Crippen molar-refractivity contribution in [2.24, 2.45) is 5.92 Å². The molecule has 2 N–H and O–H groups in total. The third kappa shape index (κ3) is 5.00. The molecule has 0 bridgehead atoms. The summed E-state index contributed by atoms with van der Waals surface area (Å²) in [6.07, 6.45) is 5.49. The van der Waals surface area contributed by atoms with Crippen LogP contribution >= 0.6 is 12.4 Å². The fourth-order valence-corrected chi connectivity index (χ4v) is 4.16. The van der Waals surface area contributed by atoms with Crippen molar-refractivity contribution in [1.82, 2.24) is 15.5 Å². The van der Waals surface area contributed by atoms with Gasteiger partial charge in [-0.15, -0.1) is 12.4 Å². The van der Waals surface area contributed by atoms with E-state index in [4.69, 9.17) is 4.42 Å². The number of amides is 2. The van der Waals surface area contributed by atoms with Crippen LogP contribution in [0, 0.1) is 5.92 Å². The summed E-state index contributed by atoms with van der Waals surface area (Å²) in [5.74, 6) is 0.680. The second-order valence-corrected chi connectivity index (χ2v) is 7.68. The molecule has 3 heterocycles. The molecule has 2 unspecified atom stereocenters. The van der Waals surface area contributed by atoms with E-state index < -0.39 is 0 Å². The Hall–Kier alpha value is -2.31. The second-order valence-electron chi connectivity index (χ2n) is 7.68. The van der Waals surface area contributed by atoms with Crippen LogP contribution in [0.4, 0.5) is 0 Å².